The van der Waals surface area contributed by atoms with Crippen LogP contribution in [-0.4, -0.2) is 193 Å². The first-order valence-electron chi connectivity index (χ1n) is 41.5. The first-order chi connectivity index (χ1) is 49.8. The topological polar surface area (TPSA) is 307 Å². The van der Waals surface area contributed by atoms with Gasteiger partial charge in [0.15, 0.2) is 18.9 Å². The van der Waals surface area contributed by atoms with Gasteiger partial charge in [0, 0.05) is 6.42 Å². The second-order valence-electron chi connectivity index (χ2n) is 29.6. The third-order valence-corrected chi connectivity index (χ3v) is 20.5. The van der Waals surface area contributed by atoms with Gasteiger partial charge in [0.2, 0.25) is 5.91 Å². The molecule has 3 aliphatic heterocycles. The molecule has 0 spiro atoms. The highest BCUT2D eigenvalue weighted by Crippen LogP contribution is 2.33. The monoisotopic (exact) mass is 1450 g/mol. The van der Waals surface area contributed by atoms with Gasteiger partial charge < -0.3 is 89.9 Å². The Morgan fingerprint density at radius 2 is 0.657 bits per heavy atom. The molecule has 0 aromatic rings. The largest absolute Gasteiger partial charge is 0.394 e. The van der Waals surface area contributed by atoms with Gasteiger partial charge in [0.1, 0.15) is 73.2 Å². The number of hydrogen-bond acceptors (Lipinski definition) is 18. The molecule has 0 aromatic heterocycles. The number of aliphatic hydroxyl groups is 11. The van der Waals surface area contributed by atoms with E-state index in [1.165, 1.54) is 244 Å². The van der Waals surface area contributed by atoms with E-state index < -0.39 is 124 Å². The van der Waals surface area contributed by atoms with Gasteiger partial charge >= 0.3 is 0 Å². The molecule has 3 aliphatic rings. The van der Waals surface area contributed by atoms with Crippen LogP contribution in [0.4, 0.5) is 0 Å². The van der Waals surface area contributed by atoms with Crippen LogP contribution in [0.5, 0.6) is 0 Å². The predicted molar refractivity (Wildman–Crippen MR) is 406 cm³/mol. The molecular formula is C83H151NO18. The molecule has 1 amide bonds. The summed E-state index contributed by atoms with van der Waals surface area (Å²) in [4.78, 5) is 13.5. The van der Waals surface area contributed by atoms with E-state index in [4.69, 9.17) is 28.4 Å². The number of hydrogen-bond donors (Lipinski definition) is 12. The number of amides is 1. The first kappa shape index (κ1) is 93.7. The molecule has 0 bridgehead atoms. The zero-order valence-corrected chi connectivity index (χ0v) is 63.8. The van der Waals surface area contributed by atoms with E-state index in [9.17, 15) is 61.0 Å². The lowest BCUT2D eigenvalue weighted by Gasteiger charge is -2.48. The van der Waals surface area contributed by atoms with Crippen LogP contribution in [0, 0.1) is 0 Å². The molecule has 19 heteroatoms. The van der Waals surface area contributed by atoms with Crippen molar-refractivity contribution < 1.29 is 89.4 Å². The number of carbonyl (C=O) groups excluding carboxylic acids is 1. The van der Waals surface area contributed by atoms with Crippen LogP contribution < -0.4 is 5.32 Å². The van der Waals surface area contributed by atoms with Gasteiger partial charge in [-0.1, -0.05) is 312 Å². The van der Waals surface area contributed by atoms with E-state index in [1.807, 2.05) is 6.08 Å². The number of aliphatic hydroxyl groups excluding tert-OH is 11. The number of allylic oxidation sites excluding steroid dienone is 9. The highest BCUT2D eigenvalue weighted by molar-refractivity contribution is 5.76. The maximum Gasteiger partial charge on any atom is 0.220 e. The zero-order valence-electron chi connectivity index (χ0n) is 63.8. The SMILES string of the molecule is CCCCCCC/C=C\C/C=C\C/C=C\CCCCCCCCCCCCCCCCC(=O)NC(COC1OC(CO)C(OC2OC(CO)C(OC3OC(CO)C(O)C(O)C3O)C(O)C2O)C(O)C1O)C(O)/C=C/CC/C=C/CCCCCCCCCCCCCCCCCCCCCCCC. The van der Waals surface area contributed by atoms with Crippen LogP contribution in [0.15, 0.2) is 60.8 Å². The maximum absolute atomic E-state index is 13.5. The predicted octanol–water partition coefficient (Wildman–Crippen LogP) is 14.2. The fraction of sp³-hybridized carbons (Fsp3) is 0.867. The Labute approximate surface area is 617 Å². The van der Waals surface area contributed by atoms with E-state index >= 15 is 0 Å². The Kier molecular flexibility index (Phi) is 58.3. The van der Waals surface area contributed by atoms with E-state index in [0.717, 1.165) is 51.4 Å². The van der Waals surface area contributed by atoms with Crippen LogP contribution in [0.3, 0.4) is 0 Å². The number of unbranched alkanes of at least 4 members (excludes halogenated alkanes) is 42. The third kappa shape index (κ3) is 42.9. The van der Waals surface area contributed by atoms with Crippen molar-refractivity contribution in [1.29, 1.82) is 0 Å². The summed E-state index contributed by atoms with van der Waals surface area (Å²) >= 11 is 0. The average Bonchev–Trinajstić information content (AvgIpc) is 0.766. The second-order valence-corrected chi connectivity index (χ2v) is 29.6. The normalized spacial score (nSPS) is 26.5. The molecule has 102 heavy (non-hydrogen) atoms. The summed E-state index contributed by atoms with van der Waals surface area (Å²) in [6, 6.07) is -0.994. The van der Waals surface area contributed by atoms with Crippen LogP contribution in [0.25, 0.3) is 0 Å². The summed E-state index contributed by atoms with van der Waals surface area (Å²) in [7, 11) is 0. The Morgan fingerprint density at radius 1 is 0.353 bits per heavy atom. The molecule has 0 aromatic carbocycles. The van der Waals surface area contributed by atoms with Crippen molar-refractivity contribution in [3.8, 4) is 0 Å². The lowest BCUT2D eigenvalue weighted by Crippen LogP contribution is -2.66. The molecule has 12 N–H and O–H groups in total. The second kappa shape index (κ2) is 63.4. The van der Waals surface area contributed by atoms with Crippen molar-refractivity contribution in [2.24, 2.45) is 0 Å². The van der Waals surface area contributed by atoms with E-state index in [2.05, 4.69) is 67.8 Å². The van der Waals surface area contributed by atoms with Crippen molar-refractivity contribution >= 4 is 5.91 Å². The molecule has 0 saturated carbocycles. The highest BCUT2D eigenvalue weighted by atomic mass is 16.8. The molecule has 3 fully saturated rings. The van der Waals surface area contributed by atoms with Gasteiger partial charge in [0.25, 0.3) is 0 Å². The van der Waals surface area contributed by atoms with Crippen molar-refractivity contribution in [2.45, 2.75) is 433 Å². The molecule has 3 heterocycles. The van der Waals surface area contributed by atoms with Gasteiger partial charge in [0.05, 0.1) is 38.6 Å². The van der Waals surface area contributed by atoms with Gasteiger partial charge in [-0.15, -0.1) is 0 Å². The Balaban J connectivity index is 1.38. The number of ether oxygens (including phenoxy) is 6. The van der Waals surface area contributed by atoms with E-state index in [1.54, 1.807) is 6.08 Å². The molecule has 19 nitrogen and oxygen atoms in total. The van der Waals surface area contributed by atoms with Gasteiger partial charge in [-0.25, -0.2) is 0 Å². The fourth-order valence-corrected chi connectivity index (χ4v) is 13.9. The van der Waals surface area contributed by atoms with Crippen LogP contribution in [0.1, 0.15) is 328 Å². The Bertz CT molecular complexity index is 2080. The zero-order chi connectivity index (χ0) is 73.9. The van der Waals surface area contributed by atoms with Crippen LogP contribution in [-0.2, 0) is 33.2 Å². The summed E-state index contributed by atoms with van der Waals surface area (Å²) in [5, 5.41) is 121. The summed E-state index contributed by atoms with van der Waals surface area (Å²) in [5.41, 5.74) is 0. The molecule has 3 saturated heterocycles. The lowest BCUT2D eigenvalue weighted by molar-refractivity contribution is -0.379. The smallest absolute Gasteiger partial charge is 0.220 e. The minimum absolute atomic E-state index is 0.234. The summed E-state index contributed by atoms with van der Waals surface area (Å²) in [5.74, 6) is -0.283. The van der Waals surface area contributed by atoms with Gasteiger partial charge in [-0.05, 0) is 70.6 Å². The summed E-state index contributed by atoms with van der Waals surface area (Å²) in [6.45, 7) is 1.75. The minimum Gasteiger partial charge on any atom is -0.394 e. The molecule has 0 aliphatic carbocycles. The molecule has 596 valence electrons. The molecular weight excluding hydrogens is 1300 g/mol. The molecule has 0 radical (unpaired) electrons. The third-order valence-electron chi connectivity index (χ3n) is 20.5. The lowest BCUT2D eigenvalue weighted by atomic mass is 9.96. The van der Waals surface area contributed by atoms with Crippen molar-refractivity contribution in [3.05, 3.63) is 60.8 Å². The molecule has 17 unspecified atom stereocenters. The maximum atomic E-state index is 13.5. The van der Waals surface area contributed by atoms with E-state index in [-0.39, 0.29) is 18.9 Å². The van der Waals surface area contributed by atoms with E-state index in [0.29, 0.717) is 12.8 Å². The average molecular weight is 1450 g/mol. The summed E-state index contributed by atoms with van der Waals surface area (Å²) < 4.78 is 34.5. The quantitative estimate of drug-likeness (QED) is 0.0199. The van der Waals surface area contributed by atoms with Crippen molar-refractivity contribution in [1.82, 2.24) is 5.32 Å². The molecule has 17 atom stereocenters. The number of nitrogens with one attached hydrogen (secondary N) is 1. The standard InChI is InChI=1S/C83H151NO18/c1-3-5-7-9-11-13-15-17-19-21-23-25-27-29-31-33-35-37-39-41-43-45-47-49-51-53-55-57-59-61-71(89)84-66(67(88)60-58-56-54-52-50-48-46-44-42-40-38-36-34-32-30-28-26-24-22-20-18-16-14-12-10-8-6-4-2)65-97-81-77(95)74(92)79(69(63-86)99-81)102-83-78(96)75(93)80(70(64-87)100-83)101-82-76(94)73(91)72(90)68(62-85)98-82/h15,17,21,23,27,29,50,52,58,60,66-70,72-83,85-88,90-96H,3-14,16,18-20,22,24-26,28,30-49,51,53-57,59,61-65H2,1-2H3,(H,84,89)/b17-15-,23-21-,29-27-,52-50+,60-58+. The van der Waals surface area contributed by atoms with Gasteiger partial charge in [-0.3, -0.25) is 4.79 Å². The van der Waals surface area contributed by atoms with Crippen LogP contribution >= 0.6 is 0 Å². The van der Waals surface area contributed by atoms with Gasteiger partial charge in [-0.2, -0.15) is 0 Å². The Hall–Kier alpha value is -2.51. The number of rotatable bonds is 66. The van der Waals surface area contributed by atoms with Crippen molar-refractivity contribution in [3.63, 3.8) is 0 Å². The minimum atomic E-state index is -1.98. The van der Waals surface area contributed by atoms with Crippen molar-refractivity contribution in [2.75, 3.05) is 26.4 Å². The van der Waals surface area contributed by atoms with Crippen LogP contribution in [0.2, 0.25) is 0 Å². The highest BCUT2D eigenvalue weighted by Gasteiger charge is 2.54. The Morgan fingerprint density at radius 3 is 1.05 bits per heavy atom. The number of carbonyl (C=O) groups is 1. The first-order valence-corrected chi connectivity index (χ1v) is 41.5. The fourth-order valence-electron chi connectivity index (χ4n) is 13.9. The summed E-state index contributed by atoms with van der Waals surface area (Å²) in [6.07, 6.45) is 55.0. The molecule has 3 rings (SSSR count).